The van der Waals surface area contributed by atoms with Gasteiger partial charge in [0.2, 0.25) is 5.91 Å². The van der Waals surface area contributed by atoms with E-state index in [1.54, 1.807) is 25.1 Å². The van der Waals surface area contributed by atoms with Crippen LogP contribution < -0.4 is 10.6 Å². The van der Waals surface area contributed by atoms with Crippen LogP contribution in [-0.2, 0) is 4.79 Å². The second-order valence-electron chi connectivity index (χ2n) is 4.51. The molecule has 0 saturated heterocycles. The van der Waals surface area contributed by atoms with Crippen molar-refractivity contribution < 1.29 is 18.4 Å². The molecule has 0 bridgehead atoms. The molecule has 110 valence electrons. The van der Waals surface area contributed by atoms with Crippen LogP contribution in [0, 0.1) is 12.7 Å². The van der Waals surface area contributed by atoms with Crippen LogP contribution in [0.3, 0.4) is 0 Å². The zero-order valence-corrected chi connectivity index (χ0v) is 11.5. The maximum absolute atomic E-state index is 13.5. The van der Waals surface area contributed by atoms with Gasteiger partial charge in [-0.2, -0.15) is 0 Å². The number of carbonyl (C=O) groups is 2. The number of anilines is 1. The van der Waals surface area contributed by atoms with Crippen molar-refractivity contribution in [2.75, 3.05) is 11.9 Å². The standard InChI is InChI=1S/C15H15FN2O3/c1-10-4-5-11(16)12(9-10)18-14(19)6-7-17-15(20)13-3-2-8-21-13/h2-5,8-9H,6-7H2,1H3,(H,17,20)(H,18,19). The van der Waals surface area contributed by atoms with Gasteiger partial charge in [0.05, 0.1) is 12.0 Å². The Bertz CT molecular complexity index is 638. The third kappa shape index (κ3) is 4.17. The summed E-state index contributed by atoms with van der Waals surface area (Å²) in [5.74, 6) is -1.08. The maximum Gasteiger partial charge on any atom is 0.286 e. The van der Waals surface area contributed by atoms with Crippen LogP contribution in [0.5, 0.6) is 0 Å². The summed E-state index contributed by atoms with van der Waals surface area (Å²) in [6.45, 7) is 1.94. The summed E-state index contributed by atoms with van der Waals surface area (Å²) >= 11 is 0. The SMILES string of the molecule is Cc1ccc(F)c(NC(=O)CCNC(=O)c2ccco2)c1. The van der Waals surface area contributed by atoms with Crippen LogP contribution in [0.2, 0.25) is 0 Å². The normalized spacial score (nSPS) is 10.2. The summed E-state index contributed by atoms with van der Waals surface area (Å²) in [6, 6.07) is 7.59. The van der Waals surface area contributed by atoms with Gasteiger partial charge in [0.15, 0.2) is 5.76 Å². The van der Waals surface area contributed by atoms with Gasteiger partial charge >= 0.3 is 0 Å². The molecule has 0 unspecified atom stereocenters. The highest BCUT2D eigenvalue weighted by atomic mass is 19.1. The Labute approximate surface area is 121 Å². The fourth-order valence-corrected chi connectivity index (χ4v) is 1.73. The molecule has 0 radical (unpaired) electrons. The molecule has 0 aliphatic carbocycles. The van der Waals surface area contributed by atoms with Crippen LogP contribution in [0.1, 0.15) is 22.5 Å². The molecule has 5 nitrogen and oxygen atoms in total. The van der Waals surface area contributed by atoms with Crippen LogP contribution in [0.15, 0.2) is 41.0 Å². The summed E-state index contributed by atoms with van der Waals surface area (Å²) < 4.78 is 18.4. The van der Waals surface area contributed by atoms with E-state index in [9.17, 15) is 14.0 Å². The Morgan fingerprint density at radius 1 is 1.29 bits per heavy atom. The summed E-state index contributed by atoms with van der Waals surface area (Å²) in [5.41, 5.74) is 0.982. The number of carbonyl (C=O) groups excluding carboxylic acids is 2. The van der Waals surface area contributed by atoms with Crippen LogP contribution >= 0.6 is 0 Å². The van der Waals surface area contributed by atoms with Crippen molar-refractivity contribution in [1.82, 2.24) is 5.32 Å². The number of hydrogen-bond acceptors (Lipinski definition) is 3. The number of nitrogens with one attached hydrogen (secondary N) is 2. The number of amides is 2. The van der Waals surface area contributed by atoms with Gasteiger partial charge < -0.3 is 15.1 Å². The smallest absolute Gasteiger partial charge is 0.286 e. The molecular formula is C15H15FN2O3. The van der Waals surface area contributed by atoms with Crippen molar-refractivity contribution in [2.45, 2.75) is 13.3 Å². The Hall–Kier alpha value is -2.63. The molecule has 0 aliphatic rings. The quantitative estimate of drug-likeness (QED) is 0.888. The summed E-state index contributed by atoms with van der Waals surface area (Å²) in [4.78, 5) is 23.2. The average Bonchev–Trinajstić information content (AvgIpc) is 2.97. The van der Waals surface area contributed by atoms with Crippen molar-refractivity contribution in [3.63, 3.8) is 0 Å². The largest absolute Gasteiger partial charge is 0.459 e. The van der Waals surface area contributed by atoms with E-state index in [-0.39, 0.29) is 30.3 Å². The lowest BCUT2D eigenvalue weighted by molar-refractivity contribution is -0.116. The molecule has 0 saturated carbocycles. The molecule has 6 heteroatoms. The van der Waals surface area contributed by atoms with E-state index in [4.69, 9.17) is 4.42 Å². The van der Waals surface area contributed by atoms with Crippen molar-refractivity contribution in [3.05, 3.63) is 53.7 Å². The number of hydrogen-bond donors (Lipinski definition) is 2. The molecule has 2 rings (SSSR count). The van der Waals surface area contributed by atoms with Gasteiger partial charge in [-0.3, -0.25) is 9.59 Å². The van der Waals surface area contributed by atoms with Gasteiger partial charge in [-0.15, -0.1) is 0 Å². The number of rotatable bonds is 5. The highest BCUT2D eigenvalue weighted by Gasteiger charge is 2.10. The first-order valence-corrected chi connectivity index (χ1v) is 6.44. The third-order valence-corrected chi connectivity index (χ3v) is 2.78. The van der Waals surface area contributed by atoms with Crippen molar-refractivity contribution in [2.24, 2.45) is 0 Å². The molecule has 0 atom stereocenters. The van der Waals surface area contributed by atoms with Gasteiger partial charge in [-0.25, -0.2) is 4.39 Å². The molecule has 2 aromatic rings. The van der Waals surface area contributed by atoms with Gasteiger partial charge in [0.1, 0.15) is 5.82 Å². The monoisotopic (exact) mass is 290 g/mol. The Kier molecular flexibility index (Phi) is 4.71. The maximum atomic E-state index is 13.5. The second-order valence-corrected chi connectivity index (χ2v) is 4.51. The zero-order valence-electron chi connectivity index (χ0n) is 11.5. The molecule has 2 N–H and O–H groups in total. The first-order valence-electron chi connectivity index (χ1n) is 6.44. The van der Waals surface area contributed by atoms with Crippen molar-refractivity contribution in [3.8, 4) is 0 Å². The molecule has 1 aromatic heterocycles. The van der Waals surface area contributed by atoms with E-state index in [0.29, 0.717) is 0 Å². The zero-order chi connectivity index (χ0) is 15.2. The van der Waals surface area contributed by atoms with Crippen molar-refractivity contribution in [1.29, 1.82) is 0 Å². The number of halogens is 1. The lowest BCUT2D eigenvalue weighted by atomic mass is 10.2. The first kappa shape index (κ1) is 14.8. The molecule has 2 amide bonds. The number of aryl methyl sites for hydroxylation is 1. The lowest BCUT2D eigenvalue weighted by Gasteiger charge is -2.07. The first-order chi connectivity index (χ1) is 10.1. The predicted octanol–water partition coefficient (Wildman–Crippen LogP) is 2.49. The topological polar surface area (TPSA) is 71.3 Å². The van der Waals surface area contributed by atoms with E-state index in [1.165, 1.54) is 18.4 Å². The highest BCUT2D eigenvalue weighted by molar-refractivity contribution is 5.93. The Morgan fingerprint density at radius 3 is 2.81 bits per heavy atom. The van der Waals surface area contributed by atoms with Gasteiger partial charge in [-0.05, 0) is 36.8 Å². The van der Waals surface area contributed by atoms with Gasteiger partial charge in [-0.1, -0.05) is 6.07 Å². The minimum absolute atomic E-state index is 0.0415. The summed E-state index contributed by atoms with van der Waals surface area (Å²) in [7, 11) is 0. The highest BCUT2D eigenvalue weighted by Crippen LogP contribution is 2.15. The number of benzene rings is 1. The van der Waals surface area contributed by atoms with E-state index in [2.05, 4.69) is 10.6 Å². The van der Waals surface area contributed by atoms with Gasteiger partial charge in [0, 0.05) is 13.0 Å². The van der Waals surface area contributed by atoms with Crippen LogP contribution in [0.4, 0.5) is 10.1 Å². The number of furan rings is 1. The van der Waals surface area contributed by atoms with Gasteiger partial charge in [0.25, 0.3) is 5.91 Å². The molecule has 0 fully saturated rings. The van der Waals surface area contributed by atoms with Crippen LogP contribution in [0.25, 0.3) is 0 Å². The fourth-order valence-electron chi connectivity index (χ4n) is 1.73. The van der Waals surface area contributed by atoms with E-state index >= 15 is 0 Å². The Morgan fingerprint density at radius 2 is 2.10 bits per heavy atom. The minimum atomic E-state index is -0.492. The molecule has 1 aromatic carbocycles. The summed E-state index contributed by atoms with van der Waals surface area (Å²) in [6.07, 6.45) is 1.43. The van der Waals surface area contributed by atoms with E-state index in [0.717, 1.165) is 5.56 Å². The molecule has 21 heavy (non-hydrogen) atoms. The fraction of sp³-hybridized carbons (Fsp3) is 0.200. The van der Waals surface area contributed by atoms with Crippen LogP contribution in [-0.4, -0.2) is 18.4 Å². The molecule has 1 heterocycles. The second kappa shape index (κ2) is 6.69. The van der Waals surface area contributed by atoms with E-state index in [1.807, 2.05) is 0 Å². The molecule has 0 spiro atoms. The summed E-state index contributed by atoms with van der Waals surface area (Å²) in [5, 5.41) is 5.01. The molecule has 0 aliphatic heterocycles. The third-order valence-electron chi connectivity index (χ3n) is 2.78. The van der Waals surface area contributed by atoms with E-state index < -0.39 is 11.7 Å². The lowest BCUT2D eigenvalue weighted by Crippen LogP contribution is -2.27. The average molecular weight is 290 g/mol. The van der Waals surface area contributed by atoms with Crippen molar-refractivity contribution >= 4 is 17.5 Å². The Balaban J connectivity index is 1.80. The molecular weight excluding hydrogens is 275 g/mol. The minimum Gasteiger partial charge on any atom is -0.459 e. The predicted molar refractivity (Wildman–Crippen MR) is 75.4 cm³/mol.